The normalized spacial score (nSPS) is 21.9. The summed E-state index contributed by atoms with van der Waals surface area (Å²) >= 11 is 6.23. The molecule has 0 radical (unpaired) electrons. The van der Waals surface area contributed by atoms with Crippen molar-refractivity contribution in [2.75, 3.05) is 18.8 Å². The Hall–Kier alpha value is -2.11. The first-order chi connectivity index (χ1) is 12.8. The number of nitrogen functional groups attached to an aromatic ring is 1. The highest BCUT2D eigenvalue weighted by Gasteiger charge is 2.35. The number of carbonyl (C=O) groups excluding carboxylic acids is 1. The summed E-state index contributed by atoms with van der Waals surface area (Å²) in [6.07, 6.45) is 0. The second-order valence-corrected chi connectivity index (χ2v) is 7.73. The second kappa shape index (κ2) is 7.87. The number of carbonyl (C=O) groups is 1. The fourth-order valence-electron chi connectivity index (χ4n) is 3.77. The number of nitrogens with two attached hydrogens (primary N) is 1. The number of benzene rings is 2. The molecule has 1 aliphatic rings. The second-order valence-electron chi connectivity index (χ2n) is 7.32. The molecule has 0 aromatic heterocycles. The monoisotopic (exact) mass is 389 g/mol. The molecule has 0 spiro atoms. The molecule has 0 aliphatic carbocycles. The van der Waals surface area contributed by atoms with E-state index >= 15 is 0 Å². The number of hydrogen-bond acceptors (Lipinski definition) is 3. The minimum Gasteiger partial charge on any atom is -0.399 e. The van der Waals surface area contributed by atoms with Gasteiger partial charge in [-0.2, -0.15) is 0 Å². The number of nitrogens with zero attached hydrogens (tertiary/aromatic N) is 2. The molecule has 3 atom stereocenters. The predicted molar refractivity (Wildman–Crippen MR) is 107 cm³/mol. The van der Waals surface area contributed by atoms with E-state index in [1.54, 1.807) is 18.2 Å². The summed E-state index contributed by atoms with van der Waals surface area (Å²) in [6.45, 7) is 7.60. The number of halogens is 2. The maximum atomic E-state index is 13.2. The Balaban J connectivity index is 1.76. The van der Waals surface area contributed by atoms with E-state index in [4.69, 9.17) is 17.3 Å². The molecule has 1 fully saturated rings. The topological polar surface area (TPSA) is 49.6 Å². The molecule has 1 aliphatic heterocycles. The van der Waals surface area contributed by atoms with Crippen molar-refractivity contribution in [3.05, 3.63) is 64.4 Å². The first kappa shape index (κ1) is 19.6. The van der Waals surface area contributed by atoms with E-state index in [0.717, 1.165) is 12.1 Å². The van der Waals surface area contributed by atoms with E-state index in [1.807, 2.05) is 24.0 Å². The molecule has 0 saturated carbocycles. The lowest BCUT2D eigenvalue weighted by atomic mass is 10.00. The smallest absolute Gasteiger partial charge is 0.255 e. The Morgan fingerprint density at radius 1 is 1.15 bits per heavy atom. The van der Waals surface area contributed by atoms with Gasteiger partial charge in [0.25, 0.3) is 5.91 Å². The van der Waals surface area contributed by atoms with Gasteiger partial charge in [0.1, 0.15) is 5.82 Å². The van der Waals surface area contributed by atoms with Crippen molar-refractivity contribution in [2.45, 2.75) is 38.9 Å². The van der Waals surface area contributed by atoms with Crippen molar-refractivity contribution in [2.24, 2.45) is 0 Å². The summed E-state index contributed by atoms with van der Waals surface area (Å²) < 4.78 is 13.2. The molecule has 144 valence electrons. The molecule has 27 heavy (non-hydrogen) atoms. The van der Waals surface area contributed by atoms with Crippen LogP contribution in [0.15, 0.2) is 42.5 Å². The van der Waals surface area contributed by atoms with Crippen molar-refractivity contribution >= 4 is 23.2 Å². The van der Waals surface area contributed by atoms with Gasteiger partial charge in [-0.15, -0.1) is 0 Å². The van der Waals surface area contributed by atoms with E-state index in [2.05, 4.69) is 18.7 Å². The molecule has 1 amide bonds. The zero-order valence-corrected chi connectivity index (χ0v) is 16.6. The lowest BCUT2D eigenvalue weighted by Gasteiger charge is -2.46. The van der Waals surface area contributed by atoms with Gasteiger partial charge in [0, 0.05) is 36.9 Å². The van der Waals surface area contributed by atoms with Gasteiger partial charge in [-0.25, -0.2) is 4.39 Å². The third-order valence-electron chi connectivity index (χ3n) is 5.37. The lowest BCUT2D eigenvalue weighted by Crippen LogP contribution is -2.58. The van der Waals surface area contributed by atoms with Crippen LogP contribution in [0, 0.1) is 5.82 Å². The minimum absolute atomic E-state index is 0.0326. The van der Waals surface area contributed by atoms with Crippen LogP contribution in [0.4, 0.5) is 10.1 Å². The van der Waals surface area contributed by atoms with Crippen molar-refractivity contribution < 1.29 is 9.18 Å². The highest BCUT2D eigenvalue weighted by atomic mass is 35.5. The molecule has 2 aromatic rings. The zero-order chi connectivity index (χ0) is 19.7. The van der Waals surface area contributed by atoms with Crippen LogP contribution in [-0.4, -0.2) is 40.9 Å². The van der Waals surface area contributed by atoms with Gasteiger partial charge in [0.05, 0.1) is 10.6 Å². The molecule has 1 unspecified atom stereocenters. The van der Waals surface area contributed by atoms with E-state index in [0.29, 0.717) is 22.8 Å². The Morgan fingerprint density at radius 2 is 1.81 bits per heavy atom. The molecule has 1 heterocycles. The summed E-state index contributed by atoms with van der Waals surface area (Å²) in [6, 6.07) is 11.9. The van der Waals surface area contributed by atoms with Gasteiger partial charge >= 0.3 is 0 Å². The van der Waals surface area contributed by atoms with Crippen molar-refractivity contribution in [3.63, 3.8) is 0 Å². The first-order valence-electron chi connectivity index (χ1n) is 9.15. The maximum absolute atomic E-state index is 13.2. The zero-order valence-electron chi connectivity index (χ0n) is 15.8. The van der Waals surface area contributed by atoms with Crippen LogP contribution in [0.1, 0.15) is 42.7 Å². The molecule has 3 rings (SSSR count). The SMILES string of the molecule is CC(c1ccc(F)cc1)N1C[C@@H](C)N(C(=O)c2ccc(N)cc2Cl)C[C@@H]1C. The summed E-state index contributed by atoms with van der Waals surface area (Å²) in [5.74, 6) is -0.309. The number of rotatable bonds is 3. The van der Waals surface area contributed by atoms with Crippen LogP contribution in [0.3, 0.4) is 0 Å². The Kier molecular flexibility index (Phi) is 5.72. The van der Waals surface area contributed by atoms with Gasteiger partial charge in [-0.05, 0) is 56.7 Å². The van der Waals surface area contributed by atoms with Gasteiger partial charge in [0.15, 0.2) is 0 Å². The summed E-state index contributed by atoms with van der Waals surface area (Å²) in [5.41, 5.74) is 7.81. The predicted octanol–water partition coefficient (Wildman–Crippen LogP) is 4.36. The highest BCUT2D eigenvalue weighted by molar-refractivity contribution is 6.34. The van der Waals surface area contributed by atoms with Crippen LogP contribution in [-0.2, 0) is 0 Å². The first-order valence-corrected chi connectivity index (χ1v) is 9.53. The Bertz CT molecular complexity index is 827. The molecular formula is C21H25ClFN3O. The average molecular weight is 390 g/mol. The summed E-state index contributed by atoms with van der Waals surface area (Å²) in [4.78, 5) is 17.2. The van der Waals surface area contributed by atoms with Crippen LogP contribution in [0.2, 0.25) is 5.02 Å². The molecule has 2 aromatic carbocycles. The third kappa shape index (κ3) is 4.09. The minimum atomic E-state index is -0.233. The van der Waals surface area contributed by atoms with E-state index in [-0.39, 0.29) is 29.8 Å². The molecule has 1 saturated heterocycles. The number of amides is 1. The largest absolute Gasteiger partial charge is 0.399 e. The number of piperazine rings is 1. The van der Waals surface area contributed by atoms with Crippen LogP contribution in [0.25, 0.3) is 0 Å². The Labute approximate surface area is 164 Å². The summed E-state index contributed by atoms with van der Waals surface area (Å²) in [5, 5.41) is 0.377. The highest BCUT2D eigenvalue weighted by Crippen LogP contribution is 2.29. The van der Waals surface area contributed by atoms with E-state index in [1.165, 1.54) is 12.1 Å². The van der Waals surface area contributed by atoms with Crippen molar-refractivity contribution in [1.82, 2.24) is 9.80 Å². The van der Waals surface area contributed by atoms with Crippen LogP contribution < -0.4 is 5.73 Å². The van der Waals surface area contributed by atoms with E-state index < -0.39 is 0 Å². The number of hydrogen-bond donors (Lipinski definition) is 1. The van der Waals surface area contributed by atoms with Crippen molar-refractivity contribution in [3.8, 4) is 0 Å². The van der Waals surface area contributed by atoms with Crippen LogP contribution in [0.5, 0.6) is 0 Å². The van der Waals surface area contributed by atoms with E-state index in [9.17, 15) is 9.18 Å². The van der Waals surface area contributed by atoms with Gasteiger partial charge in [-0.3, -0.25) is 9.69 Å². The van der Waals surface area contributed by atoms with Gasteiger partial charge < -0.3 is 10.6 Å². The molecule has 2 N–H and O–H groups in total. The molecule has 4 nitrogen and oxygen atoms in total. The maximum Gasteiger partial charge on any atom is 0.255 e. The fourth-order valence-corrected chi connectivity index (χ4v) is 4.04. The molecule has 6 heteroatoms. The van der Waals surface area contributed by atoms with Crippen LogP contribution >= 0.6 is 11.6 Å². The van der Waals surface area contributed by atoms with Crippen molar-refractivity contribution in [1.29, 1.82) is 0 Å². The quantitative estimate of drug-likeness (QED) is 0.793. The van der Waals surface area contributed by atoms with Gasteiger partial charge in [-0.1, -0.05) is 23.7 Å². The lowest BCUT2D eigenvalue weighted by molar-refractivity contribution is 0.0174. The number of anilines is 1. The summed E-state index contributed by atoms with van der Waals surface area (Å²) in [7, 11) is 0. The molecule has 0 bridgehead atoms. The average Bonchev–Trinajstić information content (AvgIpc) is 2.63. The third-order valence-corrected chi connectivity index (χ3v) is 5.68. The Morgan fingerprint density at radius 3 is 2.44 bits per heavy atom. The fraction of sp³-hybridized carbons (Fsp3) is 0.381. The standard InChI is InChI=1S/C21H25ClFN3O/c1-13-12-26(21(27)19-9-8-18(24)10-20(19)22)14(2)11-25(13)15(3)16-4-6-17(23)7-5-16/h4-10,13-15H,11-12,24H2,1-3H3/t13-,14+,15?/m0/s1. The van der Waals surface area contributed by atoms with Gasteiger partial charge in [0.2, 0.25) is 0 Å². The molecular weight excluding hydrogens is 365 g/mol.